The number of nitro benzene ring substituents is 1. The lowest BCUT2D eigenvalue weighted by molar-refractivity contribution is -0.384. The van der Waals surface area contributed by atoms with Crippen molar-refractivity contribution in [2.45, 2.75) is 32.5 Å². The van der Waals surface area contributed by atoms with Crippen LogP contribution in [0.1, 0.15) is 34.8 Å². The molecule has 0 unspecified atom stereocenters. The molecule has 3 aromatic rings. The van der Waals surface area contributed by atoms with Gasteiger partial charge in [-0.1, -0.05) is 42.0 Å². The van der Waals surface area contributed by atoms with Gasteiger partial charge >= 0.3 is 0 Å². The summed E-state index contributed by atoms with van der Waals surface area (Å²) in [4.78, 5) is 13.4. The molecule has 0 saturated carbocycles. The molecule has 5 heteroatoms. The smallest absolute Gasteiger partial charge is 0.269 e. The van der Waals surface area contributed by atoms with Crippen molar-refractivity contribution in [3.63, 3.8) is 0 Å². The van der Waals surface area contributed by atoms with E-state index < -0.39 is 0 Å². The number of aryl methyl sites for hydroxylation is 2. The summed E-state index contributed by atoms with van der Waals surface area (Å²) in [6, 6.07) is 19.8. The molecule has 0 spiro atoms. The molecule has 0 aliphatic carbocycles. The Hall–Kier alpha value is -2.92. The van der Waals surface area contributed by atoms with E-state index in [1.165, 1.54) is 16.8 Å². The van der Waals surface area contributed by atoms with E-state index in [-0.39, 0.29) is 16.7 Å². The second-order valence-corrected chi connectivity index (χ2v) is 7.19. The van der Waals surface area contributed by atoms with E-state index in [0.717, 1.165) is 31.6 Å². The van der Waals surface area contributed by atoms with Crippen LogP contribution in [-0.2, 0) is 13.1 Å². The number of hydrogen-bond donors (Lipinski definition) is 0. The topological polar surface area (TPSA) is 51.3 Å². The molecule has 138 valence electrons. The average Bonchev–Trinajstić information content (AvgIpc) is 3.03. The van der Waals surface area contributed by atoms with Crippen LogP contribution in [-0.4, -0.2) is 20.9 Å². The lowest BCUT2D eigenvalue weighted by Gasteiger charge is -2.30. The maximum atomic E-state index is 11.3. The Kier molecular flexibility index (Phi) is 4.77. The summed E-state index contributed by atoms with van der Waals surface area (Å²) in [5, 5.41) is 11.3. The fourth-order valence-corrected chi connectivity index (χ4v) is 4.04. The standard InChI is InChI=1S/C22H23N3O2/c1-17-6-2-7-18(14-17)16-24-13-5-12-23-11-4-10-21(23)22(24)19-8-3-9-20(15-19)25(26)27/h2-4,6-11,14-15,22H,5,12-13,16H2,1H3/t22-/m0/s1. The first-order chi connectivity index (χ1) is 13.1. The predicted octanol–water partition coefficient (Wildman–Crippen LogP) is 4.70. The Morgan fingerprint density at radius 2 is 1.93 bits per heavy atom. The first-order valence-electron chi connectivity index (χ1n) is 9.31. The van der Waals surface area contributed by atoms with Crippen molar-refractivity contribution >= 4 is 5.69 Å². The Balaban J connectivity index is 1.77. The number of aromatic nitrogens is 1. The van der Waals surface area contributed by atoms with Crippen molar-refractivity contribution < 1.29 is 4.92 Å². The highest BCUT2D eigenvalue weighted by Gasteiger charge is 2.28. The average molecular weight is 361 g/mol. The summed E-state index contributed by atoms with van der Waals surface area (Å²) >= 11 is 0. The molecule has 1 aliphatic rings. The fourth-order valence-electron chi connectivity index (χ4n) is 4.04. The maximum Gasteiger partial charge on any atom is 0.269 e. The van der Waals surface area contributed by atoms with Crippen molar-refractivity contribution in [3.8, 4) is 0 Å². The molecule has 0 amide bonds. The summed E-state index contributed by atoms with van der Waals surface area (Å²) in [5.74, 6) is 0. The van der Waals surface area contributed by atoms with Gasteiger partial charge in [-0.25, -0.2) is 0 Å². The summed E-state index contributed by atoms with van der Waals surface area (Å²) < 4.78 is 2.28. The molecule has 1 aliphatic heterocycles. The van der Waals surface area contributed by atoms with E-state index in [1.54, 1.807) is 18.2 Å². The van der Waals surface area contributed by atoms with E-state index in [4.69, 9.17) is 0 Å². The highest BCUT2D eigenvalue weighted by molar-refractivity contribution is 5.39. The van der Waals surface area contributed by atoms with Crippen LogP contribution in [0.3, 0.4) is 0 Å². The van der Waals surface area contributed by atoms with Crippen LogP contribution >= 0.6 is 0 Å². The van der Waals surface area contributed by atoms with Crippen LogP contribution in [0.25, 0.3) is 0 Å². The monoisotopic (exact) mass is 361 g/mol. The van der Waals surface area contributed by atoms with E-state index in [0.29, 0.717) is 0 Å². The maximum absolute atomic E-state index is 11.3. The molecule has 0 saturated heterocycles. The molecule has 0 radical (unpaired) electrons. The minimum atomic E-state index is -0.315. The summed E-state index contributed by atoms with van der Waals surface area (Å²) in [5.41, 5.74) is 4.83. The molecule has 2 heterocycles. The van der Waals surface area contributed by atoms with Crippen LogP contribution < -0.4 is 0 Å². The third-order valence-electron chi connectivity index (χ3n) is 5.22. The molecular weight excluding hydrogens is 338 g/mol. The Labute approximate surface area is 159 Å². The predicted molar refractivity (Wildman–Crippen MR) is 106 cm³/mol. The Bertz CT molecular complexity index is 963. The number of nitro groups is 1. The third-order valence-corrected chi connectivity index (χ3v) is 5.22. The van der Waals surface area contributed by atoms with Gasteiger partial charge in [0.05, 0.1) is 11.0 Å². The highest BCUT2D eigenvalue weighted by atomic mass is 16.6. The molecule has 2 aromatic carbocycles. The van der Waals surface area contributed by atoms with Gasteiger partial charge in [0.15, 0.2) is 0 Å². The summed E-state index contributed by atoms with van der Waals surface area (Å²) in [6.45, 7) is 4.84. The van der Waals surface area contributed by atoms with Crippen molar-refractivity contribution in [1.82, 2.24) is 9.47 Å². The van der Waals surface area contributed by atoms with Gasteiger partial charge in [0.1, 0.15) is 0 Å². The minimum absolute atomic E-state index is 0.00270. The number of non-ortho nitro benzene ring substituents is 1. The van der Waals surface area contributed by atoms with E-state index in [2.05, 4.69) is 59.0 Å². The van der Waals surface area contributed by atoms with Gasteiger partial charge in [0, 0.05) is 43.7 Å². The second kappa shape index (κ2) is 7.37. The van der Waals surface area contributed by atoms with Crippen LogP contribution in [0.5, 0.6) is 0 Å². The lowest BCUT2D eigenvalue weighted by Crippen LogP contribution is -2.29. The Morgan fingerprint density at radius 1 is 1.07 bits per heavy atom. The molecular formula is C22H23N3O2. The molecule has 1 aromatic heterocycles. The number of hydrogen-bond acceptors (Lipinski definition) is 3. The quantitative estimate of drug-likeness (QED) is 0.500. The molecule has 1 atom stereocenters. The molecule has 0 bridgehead atoms. The number of benzene rings is 2. The number of nitrogens with zero attached hydrogens (tertiary/aromatic N) is 3. The molecule has 5 nitrogen and oxygen atoms in total. The van der Waals surface area contributed by atoms with Gasteiger partial charge in [-0.15, -0.1) is 0 Å². The van der Waals surface area contributed by atoms with E-state index >= 15 is 0 Å². The van der Waals surface area contributed by atoms with Crippen LogP contribution in [0.2, 0.25) is 0 Å². The van der Waals surface area contributed by atoms with Gasteiger partial charge in [0.2, 0.25) is 0 Å². The van der Waals surface area contributed by atoms with E-state index in [1.807, 2.05) is 6.07 Å². The SMILES string of the molecule is Cc1cccc(CN2CCCn3cccc3[C@@H]2c2cccc([N+](=O)[O-])c2)c1. The molecule has 27 heavy (non-hydrogen) atoms. The van der Waals surface area contributed by atoms with Gasteiger partial charge < -0.3 is 4.57 Å². The zero-order valence-corrected chi connectivity index (χ0v) is 15.4. The number of rotatable bonds is 4. The first-order valence-corrected chi connectivity index (χ1v) is 9.31. The lowest BCUT2D eigenvalue weighted by atomic mass is 10.00. The van der Waals surface area contributed by atoms with Crippen LogP contribution in [0, 0.1) is 17.0 Å². The van der Waals surface area contributed by atoms with Crippen molar-refractivity contribution in [2.24, 2.45) is 0 Å². The van der Waals surface area contributed by atoms with Gasteiger partial charge in [-0.2, -0.15) is 0 Å². The zero-order valence-electron chi connectivity index (χ0n) is 15.4. The van der Waals surface area contributed by atoms with Crippen molar-refractivity contribution in [1.29, 1.82) is 0 Å². The van der Waals surface area contributed by atoms with Gasteiger partial charge in [-0.05, 0) is 36.6 Å². The largest absolute Gasteiger partial charge is 0.350 e. The number of fused-ring (bicyclic) bond motifs is 1. The Morgan fingerprint density at radius 3 is 2.74 bits per heavy atom. The zero-order chi connectivity index (χ0) is 18.8. The van der Waals surface area contributed by atoms with Gasteiger partial charge in [-0.3, -0.25) is 15.0 Å². The normalized spacial score (nSPS) is 17.3. The molecule has 0 fully saturated rings. The van der Waals surface area contributed by atoms with Crippen LogP contribution in [0.15, 0.2) is 66.9 Å². The molecule has 0 N–H and O–H groups in total. The van der Waals surface area contributed by atoms with Crippen molar-refractivity contribution in [2.75, 3.05) is 6.54 Å². The van der Waals surface area contributed by atoms with Crippen LogP contribution in [0.4, 0.5) is 5.69 Å². The molecule has 4 rings (SSSR count). The second-order valence-electron chi connectivity index (χ2n) is 7.19. The minimum Gasteiger partial charge on any atom is -0.350 e. The first kappa shape index (κ1) is 17.5. The van der Waals surface area contributed by atoms with Gasteiger partial charge in [0.25, 0.3) is 5.69 Å². The highest BCUT2D eigenvalue weighted by Crippen LogP contribution is 2.34. The fraction of sp³-hybridized carbons (Fsp3) is 0.273. The third kappa shape index (κ3) is 3.64. The summed E-state index contributed by atoms with van der Waals surface area (Å²) in [7, 11) is 0. The summed E-state index contributed by atoms with van der Waals surface area (Å²) in [6.07, 6.45) is 3.16. The van der Waals surface area contributed by atoms with Crippen molar-refractivity contribution in [3.05, 3.63) is 99.4 Å². The van der Waals surface area contributed by atoms with E-state index in [9.17, 15) is 10.1 Å².